The molecule has 168 valence electrons. The zero-order valence-corrected chi connectivity index (χ0v) is 18.8. The lowest BCUT2D eigenvalue weighted by molar-refractivity contribution is -0.125. The largest absolute Gasteiger partial charge is 0.496 e. The second-order valence-corrected chi connectivity index (χ2v) is 9.64. The lowest BCUT2D eigenvalue weighted by atomic mass is 9.84. The fourth-order valence-electron chi connectivity index (χ4n) is 5.83. The number of methoxy groups -OCH3 is 1. The van der Waals surface area contributed by atoms with Gasteiger partial charge in [0.15, 0.2) is 0 Å². The topological polar surface area (TPSA) is 58.6 Å². The molecule has 1 aliphatic heterocycles. The van der Waals surface area contributed by atoms with Gasteiger partial charge in [0.05, 0.1) is 12.7 Å². The van der Waals surface area contributed by atoms with Gasteiger partial charge in [0, 0.05) is 18.0 Å². The number of benzene rings is 2. The zero-order chi connectivity index (χ0) is 22.1. The van der Waals surface area contributed by atoms with E-state index in [0.717, 1.165) is 38.5 Å². The Bertz CT molecular complexity index is 985. The van der Waals surface area contributed by atoms with Gasteiger partial charge in [-0.25, -0.2) is 0 Å². The Morgan fingerprint density at radius 3 is 2.50 bits per heavy atom. The number of rotatable bonds is 6. The number of hydrogen-bond acceptors (Lipinski definition) is 3. The van der Waals surface area contributed by atoms with Crippen LogP contribution in [-0.4, -0.2) is 42.5 Å². The van der Waals surface area contributed by atoms with E-state index in [4.69, 9.17) is 4.74 Å². The smallest absolute Gasteiger partial charge is 0.258 e. The Morgan fingerprint density at radius 2 is 1.75 bits per heavy atom. The maximum atomic E-state index is 13.7. The van der Waals surface area contributed by atoms with Gasteiger partial charge in [-0.2, -0.15) is 0 Å². The van der Waals surface area contributed by atoms with Crippen LogP contribution >= 0.6 is 0 Å². The average molecular weight is 433 g/mol. The lowest BCUT2D eigenvalue weighted by Gasteiger charge is -2.34. The van der Waals surface area contributed by atoms with Crippen LogP contribution in [0.25, 0.3) is 0 Å². The Labute approximate surface area is 190 Å². The third-order valence-corrected chi connectivity index (χ3v) is 7.80. The summed E-state index contributed by atoms with van der Waals surface area (Å²) in [5.74, 6) is 0.880. The molecular formula is C27H32N2O3. The molecule has 3 atom stereocenters. The summed E-state index contributed by atoms with van der Waals surface area (Å²) in [6.07, 6.45) is 7.32. The van der Waals surface area contributed by atoms with Crippen molar-refractivity contribution in [2.45, 2.75) is 62.4 Å². The molecule has 2 aliphatic carbocycles. The van der Waals surface area contributed by atoms with E-state index < -0.39 is 6.04 Å². The molecule has 5 rings (SSSR count). The molecule has 2 amide bonds. The summed E-state index contributed by atoms with van der Waals surface area (Å²) in [5.41, 5.74) is 1.89. The Hall–Kier alpha value is -2.82. The first-order valence-corrected chi connectivity index (χ1v) is 11.9. The summed E-state index contributed by atoms with van der Waals surface area (Å²) in [5, 5.41) is 3.24. The minimum atomic E-state index is -0.410. The van der Waals surface area contributed by atoms with Crippen molar-refractivity contribution < 1.29 is 14.3 Å². The van der Waals surface area contributed by atoms with Crippen molar-refractivity contribution in [3.8, 4) is 5.75 Å². The van der Waals surface area contributed by atoms with Crippen LogP contribution in [0.1, 0.15) is 60.9 Å². The molecule has 3 unspecified atom stereocenters. The molecule has 2 aromatic carbocycles. The monoisotopic (exact) mass is 432 g/mol. The lowest BCUT2D eigenvalue weighted by Crippen LogP contribution is -2.50. The van der Waals surface area contributed by atoms with Crippen molar-refractivity contribution in [3.05, 3.63) is 65.7 Å². The predicted molar refractivity (Wildman–Crippen MR) is 124 cm³/mol. The second-order valence-electron chi connectivity index (χ2n) is 9.64. The van der Waals surface area contributed by atoms with Crippen LogP contribution in [0.3, 0.4) is 0 Å². The highest BCUT2D eigenvalue weighted by Gasteiger charge is 2.49. The van der Waals surface area contributed by atoms with E-state index in [-0.39, 0.29) is 23.3 Å². The average Bonchev–Trinajstić information content (AvgIpc) is 3.55. The van der Waals surface area contributed by atoms with Gasteiger partial charge in [-0.3, -0.25) is 9.59 Å². The van der Waals surface area contributed by atoms with Crippen molar-refractivity contribution in [2.24, 2.45) is 5.92 Å². The van der Waals surface area contributed by atoms with Crippen molar-refractivity contribution in [1.29, 1.82) is 0 Å². The molecule has 3 aliphatic rings. The van der Waals surface area contributed by atoms with Crippen LogP contribution in [0, 0.1) is 5.92 Å². The van der Waals surface area contributed by atoms with Crippen LogP contribution < -0.4 is 10.1 Å². The molecule has 1 heterocycles. The molecule has 0 radical (unpaired) electrons. The summed E-state index contributed by atoms with van der Waals surface area (Å²) in [6, 6.07) is 17.5. The molecule has 0 aromatic heterocycles. The number of carbonyl (C=O) groups excluding carboxylic acids is 2. The predicted octanol–water partition coefficient (Wildman–Crippen LogP) is 4.32. The van der Waals surface area contributed by atoms with Crippen LogP contribution in [0.4, 0.5) is 0 Å². The molecule has 5 heteroatoms. The summed E-state index contributed by atoms with van der Waals surface area (Å²) in [6.45, 7) is 0.637. The molecule has 1 saturated heterocycles. The highest BCUT2D eigenvalue weighted by molar-refractivity contribution is 6.00. The van der Waals surface area contributed by atoms with Gasteiger partial charge in [0.1, 0.15) is 11.8 Å². The SMILES string of the molecule is COc1ccccc1C(=O)N1C(C(=O)NCC2(c3ccccc3)CC2)CC2CCCCC21. The van der Waals surface area contributed by atoms with Crippen molar-refractivity contribution in [1.82, 2.24) is 10.2 Å². The van der Waals surface area contributed by atoms with Crippen molar-refractivity contribution in [2.75, 3.05) is 13.7 Å². The van der Waals surface area contributed by atoms with Crippen LogP contribution in [0.5, 0.6) is 5.75 Å². The summed E-state index contributed by atoms with van der Waals surface area (Å²) in [7, 11) is 1.59. The Balaban J connectivity index is 1.36. The molecule has 32 heavy (non-hydrogen) atoms. The molecule has 2 aromatic rings. The van der Waals surface area contributed by atoms with Crippen LogP contribution in [0.2, 0.25) is 0 Å². The van der Waals surface area contributed by atoms with Crippen LogP contribution in [0.15, 0.2) is 54.6 Å². The zero-order valence-electron chi connectivity index (χ0n) is 18.8. The molecule has 3 fully saturated rings. The third kappa shape index (κ3) is 3.78. The van der Waals surface area contributed by atoms with Gasteiger partial charge in [-0.15, -0.1) is 0 Å². The minimum Gasteiger partial charge on any atom is -0.496 e. The number of nitrogens with one attached hydrogen (secondary N) is 1. The Kier molecular flexibility index (Phi) is 5.66. The van der Waals surface area contributed by atoms with Gasteiger partial charge < -0.3 is 15.0 Å². The number of amides is 2. The van der Waals surface area contributed by atoms with E-state index in [1.54, 1.807) is 13.2 Å². The van der Waals surface area contributed by atoms with E-state index in [2.05, 4.69) is 29.6 Å². The number of para-hydroxylation sites is 1. The number of carbonyl (C=O) groups is 2. The van der Waals surface area contributed by atoms with Crippen LogP contribution in [-0.2, 0) is 10.2 Å². The normalized spacial score (nSPS) is 25.7. The number of nitrogens with zero attached hydrogens (tertiary/aromatic N) is 1. The molecule has 1 N–H and O–H groups in total. The van der Waals surface area contributed by atoms with Gasteiger partial charge in [-0.1, -0.05) is 55.3 Å². The van der Waals surface area contributed by atoms with Crippen molar-refractivity contribution >= 4 is 11.8 Å². The quantitative estimate of drug-likeness (QED) is 0.740. The second kappa shape index (κ2) is 8.61. The maximum Gasteiger partial charge on any atom is 0.258 e. The highest BCUT2D eigenvalue weighted by Crippen LogP contribution is 2.48. The van der Waals surface area contributed by atoms with Gasteiger partial charge in [0.2, 0.25) is 5.91 Å². The van der Waals surface area contributed by atoms with E-state index in [1.807, 2.05) is 29.2 Å². The van der Waals surface area contributed by atoms with Gasteiger partial charge in [0.25, 0.3) is 5.91 Å². The fourth-order valence-corrected chi connectivity index (χ4v) is 5.83. The molecule has 0 spiro atoms. The van der Waals surface area contributed by atoms with E-state index in [9.17, 15) is 9.59 Å². The highest BCUT2D eigenvalue weighted by atomic mass is 16.5. The maximum absolute atomic E-state index is 13.7. The summed E-state index contributed by atoms with van der Waals surface area (Å²) >= 11 is 0. The van der Waals surface area contributed by atoms with Crippen molar-refractivity contribution in [3.63, 3.8) is 0 Å². The number of fused-ring (bicyclic) bond motifs is 1. The first-order chi connectivity index (χ1) is 15.6. The summed E-state index contributed by atoms with van der Waals surface area (Å²) in [4.78, 5) is 29.0. The van der Waals surface area contributed by atoms with E-state index >= 15 is 0 Å². The van der Waals surface area contributed by atoms with E-state index in [1.165, 1.54) is 12.0 Å². The van der Waals surface area contributed by atoms with Gasteiger partial charge >= 0.3 is 0 Å². The standard InChI is InChI=1S/C27H32N2O3/c1-32-24-14-8-6-12-21(24)26(31)29-22-13-7-5-9-19(22)17-23(29)25(30)28-18-27(15-16-27)20-10-3-2-4-11-20/h2-4,6,8,10-12,14,19,22-23H,5,7,9,13,15-18H2,1H3,(H,28,30). The third-order valence-electron chi connectivity index (χ3n) is 7.80. The number of likely N-dealkylation sites (tertiary alicyclic amines) is 1. The Morgan fingerprint density at radius 1 is 1.03 bits per heavy atom. The van der Waals surface area contributed by atoms with Gasteiger partial charge in [-0.05, 0) is 55.7 Å². The summed E-state index contributed by atoms with van der Waals surface area (Å²) < 4.78 is 5.46. The number of ether oxygens (including phenoxy) is 1. The molecular weight excluding hydrogens is 400 g/mol. The molecule has 2 saturated carbocycles. The first-order valence-electron chi connectivity index (χ1n) is 11.9. The molecule has 5 nitrogen and oxygen atoms in total. The number of hydrogen-bond donors (Lipinski definition) is 1. The molecule has 0 bridgehead atoms. The fraction of sp³-hybridized carbons (Fsp3) is 0.481. The first kappa shape index (κ1) is 21.0. The minimum absolute atomic E-state index is 0.00939. The van der Waals surface area contributed by atoms with E-state index in [0.29, 0.717) is 23.8 Å².